The molecule has 31 heavy (non-hydrogen) atoms. The van der Waals surface area contributed by atoms with Crippen LogP contribution >= 0.6 is 0 Å². The van der Waals surface area contributed by atoms with E-state index in [2.05, 4.69) is 10.1 Å². The summed E-state index contributed by atoms with van der Waals surface area (Å²) in [5.41, 5.74) is 2.41. The Bertz CT molecular complexity index is 932. The smallest absolute Gasteiger partial charge is 0.406 e. The molecule has 0 saturated heterocycles. The second-order valence-corrected chi connectivity index (χ2v) is 7.59. The molecule has 2 amide bonds. The van der Waals surface area contributed by atoms with Crippen molar-refractivity contribution in [1.29, 1.82) is 0 Å². The molecule has 0 saturated carbocycles. The van der Waals surface area contributed by atoms with Crippen LogP contribution in [-0.2, 0) is 16.0 Å². The number of likely N-dealkylation sites (N-methyl/N-ethyl adjacent to an activating group) is 1. The van der Waals surface area contributed by atoms with Gasteiger partial charge in [-0.05, 0) is 55.7 Å². The largest absolute Gasteiger partial charge is 0.573 e. The minimum atomic E-state index is -4.77. The van der Waals surface area contributed by atoms with Crippen LogP contribution < -0.4 is 19.9 Å². The second-order valence-electron chi connectivity index (χ2n) is 7.59. The van der Waals surface area contributed by atoms with Crippen LogP contribution in [0.4, 0.5) is 24.5 Å². The van der Waals surface area contributed by atoms with Crippen molar-refractivity contribution in [3.8, 4) is 5.75 Å². The zero-order valence-corrected chi connectivity index (χ0v) is 17.3. The molecule has 0 aromatic heterocycles. The van der Waals surface area contributed by atoms with E-state index < -0.39 is 12.4 Å². The third-order valence-electron chi connectivity index (χ3n) is 5.30. The molecule has 1 unspecified atom stereocenters. The van der Waals surface area contributed by atoms with Gasteiger partial charge in [0.05, 0.1) is 7.05 Å². The zero-order chi connectivity index (χ0) is 22.6. The highest BCUT2D eigenvalue weighted by Gasteiger charge is 2.32. The number of quaternary nitrogens is 1. The maximum Gasteiger partial charge on any atom is 0.573 e. The average molecular weight is 436 g/mol. The number of halogens is 3. The third kappa shape index (κ3) is 5.97. The van der Waals surface area contributed by atoms with E-state index in [0.29, 0.717) is 17.1 Å². The van der Waals surface area contributed by atoms with Crippen molar-refractivity contribution in [2.75, 3.05) is 30.4 Å². The first-order valence-corrected chi connectivity index (χ1v) is 10.0. The molecule has 9 heteroatoms. The van der Waals surface area contributed by atoms with Crippen LogP contribution in [0, 0.1) is 0 Å². The summed E-state index contributed by atoms with van der Waals surface area (Å²) in [6.07, 6.45) is -2.94. The monoisotopic (exact) mass is 436 g/mol. The number of hydrogen-bond donors (Lipinski definition) is 2. The first-order chi connectivity index (χ1) is 14.6. The molecule has 0 aliphatic carbocycles. The third-order valence-corrected chi connectivity index (χ3v) is 5.30. The summed E-state index contributed by atoms with van der Waals surface area (Å²) in [4.78, 5) is 27.9. The fourth-order valence-electron chi connectivity index (χ4n) is 3.56. The van der Waals surface area contributed by atoms with Crippen molar-refractivity contribution < 1.29 is 32.4 Å². The van der Waals surface area contributed by atoms with Gasteiger partial charge in [-0.2, -0.15) is 0 Å². The van der Waals surface area contributed by atoms with Crippen molar-refractivity contribution >= 4 is 23.2 Å². The molecule has 1 aliphatic rings. The van der Waals surface area contributed by atoms with Crippen LogP contribution in [0.15, 0.2) is 48.5 Å². The Kier molecular flexibility index (Phi) is 6.84. The van der Waals surface area contributed by atoms with E-state index in [1.807, 2.05) is 24.3 Å². The number of alkyl halides is 3. The fourth-order valence-corrected chi connectivity index (χ4v) is 3.56. The van der Waals surface area contributed by atoms with Crippen molar-refractivity contribution in [2.24, 2.45) is 0 Å². The van der Waals surface area contributed by atoms with Crippen LogP contribution in [-0.4, -0.2) is 44.4 Å². The van der Waals surface area contributed by atoms with Gasteiger partial charge in [0.15, 0.2) is 12.6 Å². The minimum Gasteiger partial charge on any atom is -0.406 e. The highest BCUT2D eigenvalue weighted by Crippen LogP contribution is 2.27. The number of rotatable bonds is 6. The lowest BCUT2D eigenvalue weighted by atomic mass is 10.0. The Morgan fingerprint density at radius 1 is 1.16 bits per heavy atom. The van der Waals surface area contributed by atoms with Crippen LogP contribution in [0.3, 0.4) is 0 Å². The molecule has 6 nitrogen and oxygen atoms in total. The topological polar surface area (TPSA) is 63.1 Å². The van der Waals surface area contributed by atoms with Gasteiger partial charge in [0.1, 0.15) is 5.75 Å². The summed E-state index contributed by atoms with van der Waals surface area (Å²) in [6.45, 7) is 2.46. The predicted octanol–water partition coefficient (Wildman–Crippen LogP) is 2.41. The molecule has 166 valence electrons. The van der Waals surface area contributed by atoms with E-state index in [9.17, 15) is 22.8 Å². The summed E-state index contributed by atoms with van der Waals surface area (Å²) in [6, 6.07) is 12.3. The molecule has 2 atom stereocenters. The Hall–Kier alpha value is -3.07. The summed E-state index contributed by atoms with van der Waals surface area (Å²) >= 11 is 0. The van der Waals surface area contributed by atoms with Crippen molar-refractivity contribution in [3.05, 3.63) is 54.1 Å². The van der Waals surface area contributed by atoms with Gasteiger partial charge in [0.2, 0.25) is 0 Å². The van der Waals surface area contributed by atoms with Gasteiger partial charge in [0.25, 0.3) is 11.8 Å². The van der Waals surface area contributed by atoms with E-state index in [-0.39, 0.29) is 24.1 Å². The molecule has 0 fully saturated rings. The Labute approximate surface area is 178 Å². The number of anilines is 2. The second kappa shape index (κ2) is 9.38. The normalized spacial score (nSPS) is 15.6. The van der Waals surface area contributed by atoms with Gasteiger partial charge < -0.3 is 19.9 Å². The molecular weight excluding hydrogens is 411 g/mol. The van der Waals surface area contributed by atoms with Crippen LogP contribution in [0.25, 0.3) is 0 Å². The SMILES string of the molecule is C[C@@H](C(=O)N1CCCc2ccccc21)[NH+](C)CC(=O)Nc1ccc(OC(F)(F)F)cc1. The maximum absolute atomic E-state index is 13.1. The average Bonchev–Trinajstić information content (AvgIpc) is 2.72. The van der Waals surface area contributed by atoms with Gasteiger partial charge in [-0.25, -0.2) is 0 Å². The van der Waals surface area contributed by atoms with Gasteiger partial charge in [-0.15, -0.1) is 13.2 Å². The molecular formula is C22H25F3N3O3+. The number of benzene rings is 2. The number of ether oxygens (including phenoxy) is 1. The van der Waals surface area contributed by atoms with E-state index in [0.717, 1.165) is 36.2 Å². The quantitative estimate of drug-likeness (QED) is 0.731. The molecule has 1 aliphatic heterocycles. The highest BCUT2D eigenvalue weighted by molar-refractivity contribution is 5.97. The van der Waals surface area contributed by atoms with E-state index in [1.165, 1.54) is 12.1 Å². The van der Waals surface area contributed by atoms with Gasteiger partial charge in [0, 0.05) is 17.9 Å². The molecule has 0 spiro atoms. The lowest BCUT2D eigenvalue weighted by molar-refractivity contribution is -0.885. The lowest BCUT2D eigenvalue weighted by Crippen LogP contribution is -3.15. The molecule has 1 heterocycles. The molecule has 0 radical (unpaired) electrons. The Morgan fingerprint density at radius 2 is 1.84 bits per heavy atom. The van der Waals surface area contributed by atoms with Crippen molar-refractivity contribution in [3.63, 3.8) is 0 Å². The zero-order valence-electron chi connectivity index (χ0n) is 17.3. The van der Waals surface area contributed by atoms with Crippen LogP contribution in [0.5, 0.6) is 5.75 Å². The number of carbonyl (C=O) groups is 2. The molecule has 3 rings (SSSR count). The minimum absolute atomic E-state index is 0.0309. The number of nitrogens with one attached hydrogen (secondary N) is 2. The Balaban J connectivity index is 1.56. The number of aryl methyl sites for hydroxylation is 1. The number of carbonyl (C=O) groups excluding carboxylic acids is 2. The molecule has 2 N–H and O–H groups in total. The first-order valence-electron chi connectivity index (χ1n) is 10.0. The Morgan fingerprint density at radius 3 is 2.52 bits per heavy atom. The van der Waals surface area contributed by atoms with Crippen LogP contribution in [0.1, 0.15) is 18.9 Å². The number of hydrogen-bond acceptors (Lipinski definition) is 3. The summed E-state index contributed by atoms with van der Waals surface area (Å²) in [5.74, 6) is -0.763. The lowest BCUT2D eigenvalue weighted by Gasteiger charge is -2.32. The maximum atomic E-state index is 13.1. The molecule has 0 bridgehead atoms. The number of para-hydroxylation sites is 1. The number of amides is 2. The van der Waals surface area contributed by atoms with E-state index in [1.54, 1.807) is 18.9 Å². The molecule has 2 aromatic rings. The van der Waals surface area contributed by atoms with Gasteiger partial charge in [-0.1, -0.05) is 18.2 Å². The van der Waals surface area contributed by atoms with E-state index in [4.69, 9.17) is 0 Å². The first kappa shape index (κ1) is 22.6. The van der Waals surface area contributed by atoms with Crippen LogP contribution in [0.2, 0.25) is 0 Å². The van der Waals surface area contributed by atoms with Crippen molar-refractivity contribution in [1.82, 2.24) is 0 Å². The number of fused-ring (bicyclic) bond motifs is 1. The predicted molar refractivity (Wildman–Crippen MR) is 110 cm³/mol. The van der Waals surface area contributed by atoms with Gasteiger partial charge >= 0.3 is 6.36 Å². The fraction of sp³-hybridized carbons (Fsp3) is 0.364. The summed E-state index contributed by atoms with van der Waals surface area (Å²) in [5, 5.41) is 2.63. The number of nitrogens with zero attached hydrogens (tertiary/aromatic N) is 1. The summed E-state index contributed by atoms with van der Waals surface area (Å²) < 4.78 is 40.5. The standard InChI is InChI=1S/C22H24F3N3O3/c1-15(21(30)28-13-5-7-16-6-3-4-8-19(16)28)27(2)14-20(29)26-17-9-11-18(12-10-17)31-22(23,24)25/h3-4,6,8-12,15H,5,7,13-14H2,1-2H3,(H,26,29)/p+1/t15-/m0/s1. The van der Waals surface area contributed by atoms with Crippen molar-refractivity contribution in [2.45, 2.75) is 32.2 Å². The summed E-state index contributed by atoms with van der Waals surface area (Å²) in [7, 11) is 1.76. The highest BCUT2D eigenvalue weighted by atomic mass is 19.4. The van der Waals surface area contributed by atoms with E-state index >= 15 is 0 Å². The van der Waals surface area contributed by atoms with Gasteiger partial charge in [-0.3, -0.25) is 9.59 Å². The molecule has 2 aromatic carbocycles.